The van der Waals surface area contributed by atoms with E-state index in [-0.39, 0.29) is 12.2 Å². The van der Waals surface area contributed by atoms with Crippen LogP contribution in [-0.2, 0) is 4.74 Å². The molecule has 23 heavy (non-hydrogen) atoms. The van der Waals surface area contributed by atoms with Crippen molar-refractivity contribution in [2.45, 2.75) is 76.4 Å². The third-order valence-corrected chi connectivity index (χ3v) is 6.88. The van der Waals surface area contributed by atoms with Gasteiger partial charge in [-0.05, 0) is 75.5 Å². The fourth-order valence-electron chi connectivity index (χ4n) is 5.25. The van der Waals surface area contributed by atoms with Gasteiger partial charge in [0.2, 0.25) is 0 Å². The van der Waals surface area contributed by atoms with Crippen LogP contribution in [0.5, 0.6) is 0 Å². The molecule has 0 aromatic carbocycles. The molecule has 130 valence electrons. The molecule has 3 aliphatic carbocycles. The molecular weight excluding hydrogens is 284 g/mol. The highest BCUT2D eigenvalue weighted by Gasteiger charge is 2.34. The average Bonchev–Trinajstić information content (AvgIpc) is 2.62. The number of aliphatic hydroxyl groups excluding tert-OH is 1. The Morgan fingerprint density at radius 3 is 2.43 bits per heavy atom. The maximum Gasteiger partial charge on any atom is 0.0630 e. The van der Waals surface area contributed by atoms with Gasteiger partial charge in [0.15, 0.2) is 0 Å². The van der Waals surface area contributed by atoms with Gasteiger partial charge in [-0.25, -0.2) is 0 Å². The zero-order valence-corrected chi connectivity index (χ0v) is 14.8. The zero-order chi connectivity index (χ0) is 16.2. The van der Waals surface area contributed by atoms with Crippen molar-refractivity contribution in [1.82, 2.24) is 0 Å². The quantitative estimate of drug-likeness (QED) is 0.748. The molecule has 0 radical (unpaired) electrons. The lowest BCUT2D eigenvalue weighted by Crippen LogP contribution is -2.35. The molecule has 0 heterocycles. The van der Waals surface area contributed by atoms with E-state index in [0.717, 1.165) is 37.0 Å². The number of hydrogen-bond acceptors (Lipinski definition) is 2. The Morgan fingerprint density at radius 2 is 1.87 bits per heavy atom. The predicted octanol–water partition coefficient (Wildman–Crippen LogP) is 4.88. The van der Waals surface area contributed by atoms with Crippen molar-refractivity contribution in [3.8, 4) is 0 Å². The normalized spacial score (nSPS) is 42.1. The molecule has 0 bridgehead atoms. The lowest BCUT2D eigenvalue weighted by molar-refractivity contribution is -0.0118. The number of aliphatic hydroxyl groups is 1. The van der Waals surface area contributed by atoms with E-state index >= 15 is 0 Å². The number of methoxy groups -OCH3 is 1. The molecule has 0 spiro atoms. The average molecular weight is 319 g/mol. The topological polar surface area (TPSA) is 29.5 Å². The molecule has 0 aromatic heterocycles. The van der Waals surface area contributed by atoms with Crippen molar-refractivity contribution < 1.29 is 9.84 Å². The molecule has 0 aliphatic heterocycles. The number of allylic oxidation sites excluding steroid dienone is 2. The van der Waals surface area contributed by atoms with Crippen LogP contribution in [0.1, 0.15) is 64.2 Å². The lowest BCUT2D eigenvalue weighted by Gasteiger charge is -2.38. The van der Waals surface area contributed by atoms with Gasteiger partial charge in [-0.2, -0.15) is 0 Å². The van der Waals surface area contributed by atoms with Gasteiger partial charge in [-0.1, -0.05) is 17.7 Å². The third-order valence-electron chi connectivity index (χ3n) is 6.88. The number of ether oxygens (including phenoxy) is 1. The summed E-state index contributed by atoms with van der Waals surface area (Å²) in [5.74, 6) is 2.99. The summed E-state index contributed by atoms with van der Waals surface area (Å²) in [7, 11) is 1.77. The summed E-state index contributed by atoms with van der Waals surface area (Å²) < 4.78 is 5.42. The summed E-state index contributed by atoms with van der Waals surface area (Å²) in [6.07, 6.45) is 17.0. The molecule has 3 rings (SSSR count). The zero-order valence-electron chi connectivity index (χ0n) is 14.8. The maximum absolute atomic E-state index is 10.5. The van der Waals surface area contributed by atoms with Gasteiger partial charge in [0.1, 0.15) is 0 Å². The summed E-state index contributed by atoms with van der Waals surface area (Å²) in [6, 6.07) is 0. The summed E-state index contributed by atoms with van der Waals surface area (Å²) in [4.78, 5) is 0. The van der Waals surface area contributed by atoms with Gasteiger partial charge in [-0.15, -0.1) is 6.58 Å². The minimum atomic E-state index is -0.195. The van der Waals surface area contributed by atoms with Crippen LogP contribution in [0.2, 0.25) is 0 Å². The highest BCUT2D eigenvalue weighted by molar-refractivity contribution is 5.14. The number of rotatable bonds is 4. The van der Waals surface area contributed by atoms with Crippen molar-refractivity contribution in [2.75, 3.05) is 7.11 Å². The van der Waals surface area contributed by atoms with Crippen LogP contribution in [-0.4, -0.2) is 24.4 Å². The minimum absolute atomic E-state index is 0.195. The van der Waals surface area contributed by atoms with Crippen LogP contribution in [0.4, 0.5) is 0 Å². The fourth-order valence-corrected chi connectivity index (χ4v) is 5.25. The van der Waals surface area contributed by atoms with E-state index in [1.54, 1.807) is 12.7 Å². The predicted molar refractivity (Wildman–Crippen MR) is 95.2 cm³/mol. The van der Waals surface area contributed by atoms with Crippen molar-refractivity contribution in [2.24, 2.45) is 23.7 Å². The van der Waals surface area contributed by atoms with Crippen LogP contribution < -0.4 is 0 Å². The molecule has 2 saturated carbocycles. The van der Waals surface area contributed by atoms with E-state index in [0.29, 0.717) is 5.92 Å². The van der Waals surface area contributed by atoms with E-state index in [4.69, 9.17) is 4.74 Å². The van der Waals surface area contributed by atoms with Crippen LogP contribution >= 0.6 is 0 Å². The molecule has 2 heteroatoms. The molecule has 4 unspecified atom stereocenters. The summed E-state index contributed by atoms with van der Waals surface area (Å²) in [5.41, 5.74) is 1.54. The Hall–Kier alpha value is -0.600. The molecule has 2 nitrogen and oxygen atoms in total. The van der Waals surface area contributed by atoms with E-state index in [1.165, 1.54) is 44.9 Å². The fraction of sp³-hybridized carbons (Fsp3) is 0.810. The largest absolute Gasteiger partial charge is 0.392 e. The highest BCUT2D eigenvalue weighted by Crippen LogP contribution is 2.43. The summed E-state index contributed by atoms with van der Waals surface area (Å²) in [5, 5.41) is 10.5. The Labute approximate surface area is 142 Å². The maximum atomic E-state index is 10.5. The van der Waals surface area contributed by atoms with E-state index in [2.05, 4.69) is 18.7 Å². The van der Waals surface area contributed by atoms with Gasteiger partial charge in [0, 0.05) is 19.4 Å². The molecular formula is C21H34O2. The van der Waals surface area contributed by atoms with Crippen LogP contribution in [0.3, 0.4) is 0 Å². The van der Waals surface area contributed by atoms with Gasteiger partial charge in [-0.3, -0.25) is 0 Å². The van der Waals surface area contributed by atoms with E-state index < -0.39 is 0 Å². The third kappa shape index (κ3) is 4.09. The summed E-state index contributed by atoms with van der Waals surface area (Å²) in [6.45, 7) is 3.96. The van der Waals surface area contributed by atoms with E-state index in [1.807, 2.05) is 0 Å². The molecule has 3 aliphatic rings. The summed E-state index contributed by atoms with van der Waals surface area (Å²) >= 11 is 0. The molecule has 0 saturated heterocycles. The molecule has 2 fully saturated rings. The first-order valence-electron chi connectivity index (χ1n) is 9.73. The number of hydrogen-bond donors (Lipinski definition) is 1. The first-order chi connectivity index (χ1) is 11.2. The highest BCUT2D eigenvalue weighted by atomic mass is 16.5. The van der Waals surface area contributed by atoms with Crippen molar-refractivity contribution >= 4 is 0 Å². The second kappa shape index (κ2) is 7.98. The monoisotopic (exact) mass is 318 g/mol. The van der Waals surface area contributed by atoms with E-state index in [9.17, 15) is 5.11 Å². The van der Waals surface area contributed by atoms with Gasteiger partial charge in [0.25, 0.3) is 0 Å². The van der Waals surface area contributed by atoms with Crippen molar-refractivity contribution in [3.05, 3.63) is 24.3 Å². The Balaban J connectivity index is 1.51. The SMILES string of the molecule is C=CC1CCC(C2CC=C(C3CCC(OC)CC3O)CC2)CC1. The Kier molecular flexibility index (Phi) is 5.98. The molecule has 1 N–H and O–H groups in total. The Morgan fingerprint density at radius 1 is 1.09 bits per heavy atom. The minimum Gasteiger partial charge on any atom is -0.392 e. The van der Waals surface area contributed by atoms with Gasteiger partial charge < -0.3 is 9.84 Å². The van der Waals surface area contributed by atoms with Crippen LogP contribution in [0, 0.1) is 23.7 Å². The molecule has 0 amide bonds. The second-order valence-electron chi connectivity index (χ2n) is 8.07. The van der Waals surface area contributed by atoms with Crippen molar-refractivity contribution in [3.63, 3.8) is 0 Å². The molecule has 0 aromatic rings. The first-order valence-corrected chi connectivity index (χ1v) is 9.73. The van der Waals surface area contributed by atoms with Gasteiger partial charge in [0.05, 0.1) is 12.2 Å². The first kappa shape index (κ1) is 17.2. The van der Waals surface area contributed by atoms with Gasteiger partial charge >= 0.3 is 0 Å². The van der Waals surface area contributed by atoms with Crippen molar-refractivity contribution in [1.29, 1.82) is 0 Å². The van der Waals surface area contributed by atoms with Crippen LogP contribution in [0.25, 0.3) is 0 Å². The lowest BCUT2D eigenvalue weighted by atomic mass is 9.69. The second-order valence-corrected chi connectivity index (χ2v) is 8.07. The Bertz CT molecular complexity index is 420. The smallest absolute Gasteiger partial charge is 0.0630 e. The molecule has 4 atom stereocenters. The standard InChI is InChI=1S/C21H34O2/c1-3-15-4-6-16(7-5-15)17-8-10-18(11-9-17)20-13-12-19(23-2)14-21(20)22/h3,10,15-17,19-22H,1,4-9,11-14H2,2H3. The van der Waals surface area contributed by atoms with Crippen LogP contribution in [0.15, 0.2) is 24.3 Å².